The van der Waals surface area contributed by atoms with Crippen molar-refractivity contribution in [3.8, 4) is 0 Å². The molecule has 0 bridgehead atoms. The van der Waals surface area contributed by atoms with Gasteiger partial charge in [0.2, 0.25) is 11.8 Å². The van der Waals surface area contributed by atoms with Crippen LogP contribution in [0.4, 0.5) is 5.69 Å². The van der Waals surface area contributed by atoms with E-state index in [9.17, 15) is 9.59 Å². The molecule has 1 aliphatic carbocycles. The summed E-state index contributed by atoms with van der Waals surface area (Å²) in [7, 11) is 0. The van der Waals surface area contributed by atoms with Crippen LogP contribution in [0.25, 0.3) is 0 Å². The predicted molar refractivity (Wildman–Crippen MR) is 99.4 cm³/mol. The summed E-state index contributed by atoms with van der Waals surface area (Å²) in [5.74, 6) is -0.700. The van der Waals surface area contributed by atoms with Crippen molar-refractivity contribution in [3.63, 3.8) is 0 Å². The van der Waals surface area contributed by atoms with E-state index in [1.54, 1.807) is 6.07 Å². The van der Waals surface area contributed by atoms with Gasteiger partial charge in [0.15, 0.2) is 0 Å². The summed E-state index contributed by atoms with van der Waals surface area (Å²) in [6.07, 6.45) is 0.588. The first kappa shape index (κ1) is 17.5. The van der Waals surface area contributed by atoms with Crippen molar-refractivity contribution in [2.24, 2.45) is 11.8 Å². The van der Waals surface area contributed by atoms with Gasteiger partial charge in [0.1, 0.15) is 0 Å². The van der Waals surface area contributed by atoms with Crippen LogP contribution in [0.2, 0.25) is 5.02 Å². The maximum atomic E-state index is 12.4. The van der Waals surface area contributed by atoms with Gasteiger partial charge in [0.05, 0.1) is 11.8 Å². The molecule has 1 fully saturated rings. The zero-order valence-electron chi connectivity index (χ0n) is 14.3. The largest absolute Gasteiger partial charge is 0.352 e. The molecule has 2 aromatic rings. The number of rotatable bonds is 5. The van der Waals surface area contributed by atoms with Crippen molar-refractivity contribution in [1.82, 2.24) is 5.32 Å². The van der Waals surface area contributed by atoms with Gasteiger partial charge in [-0.2, -0.15) is 0 Å². The SMILES string of the molecule is Cc1cccc(C)c1NC(=O)C1CC1C(=O)NCc1ccccc1Cl. The molecule has 0 spiro atoms. The minimum Gasteiger partial charge on any atom is -0.352 e. The Bertz CT molecular complexity index is 799. The van der Waals surface area contributed by atoms with Crippen LogP contribution in [0, 0.1) is 25.7 Å². The highest BCUT2D eigenvalue weighted by atomic mass is 35.5. The Kier molecular flexibility index (Phi) is 5.09. The van der Waals surface area contributed by atoms with Crippen molar-refractivity contribution in [1.29, 1.82) is 0 Å². The summed E-state index contributed by atoms with van der Waals surface area (Å²) >= 11 is 6.09. The number of benzene rings is 2. The lowest BCUT2D eigenvalue weighted by atomic mass is 10.1. The molecule has 3 rings (SSSR count). The summed E-state index contributed by atoms with van der Waals surface area (Å²) in [6, 6.07) is 13.3. The number of aryl methyl sites for hydroxylation is 2. The van der Waals surface area contributed by atoms with Gasteiger partial charge in [-0.05, 0) is 43.0 Å². The zero-order valence-corrected chi connectivity index (χ0v) is 15.1. The molecule has 130 valence electrons. The van der Waals surface area contributed by atoms with Gasteiger partial charge in [-0.15, -0.1) is 0 Å². The molecule has 0 saturated heterocycles. The Morgan fingerprint density at radius 2 is 1.64 bits per heavy atom. The number of anilines is 1. The third-order valence-corrected chi connectivity index (χ3v) is 4.97. The van der Waals surface area contributed by atoms with E-state index < -0.39 is 0 Å². The average molecular weight is 357 g/mol. The maximum absolute atomic E-state index is 12.4. The molecule has 25 heavy (non-hydrogen) atoms. The van der Waals surface area contributed by atoms with Crippen LogP contribution in [0.15, 0.2) is 42.5 Å². The van der Waals surface area contributed by atoms with Crippen molar-refractivity contribution < 1.29 is 9.59 Å². The third-order valence-electron chi connectivity index (χ3n) is 4.60. The molecule has 2 atom stereocenters. The lowest BCUT2D eigenvalue weighted by Crippen LogP contribution is -2.27. The molecule has 2 amide bonds. The quantitative estimate of drug-likeness (QED) is 0.854. The number of hydrogen-bond acceptors (Lipinski definition) is 2. The Labute approximate surface area is 152 Å². The second kappa shape index (κ2) is 7.28. The summed E-state index contributed by atoms with van der Waals surface area (Å²) < 4.78 is 0. The fourth-order valence-electron chi connectivity index (χ4n) is 2.96. The van der Waals surface area contributed by atoms with Crippen LogP contribution in [0.1, 0.15) is 23.1 Å². The maximum Gasteiger partial charge on any atom is 0.228 e. The molecule has 0 heterocycles. The average Bonchev–Trinajstić information content (AvgIpc) is 3.38. The van der Waals surface area contributed by atoms with Crippen molar-refractivity contribution in [2.45, 2.75) is 26.8 Å². The van der Waals surface area contributed by atoms with Crippen molar-refractivity contribution in [2.75, 3.05) is 5.32 Å². The van der Waals surface area contributed by atoms with E-state index in [-0.39, 0.29) is 23.7 Å². The third kappa shape index (κ3) is 4.02. The molecular formula is C20H21ClN2O2. The molecule has 2 aromatic carbocycles. The Hall–Kier alpha value is -2.33. The lowest BCUT2D eigenvalue weighted by Gasteiger charge is -2.11. The van der Waals surface area contributed by atoms with E-state index in [0.29, 0.717) is 18.0 Å². The minimum absolute atomic E-state index is 0.0877. The summed E-state index contributed by atoms with van der Waals surface area (Å²) in [5.41, 5.74) is 3.76. The molecule has 4 nitrogen and oxygen atoms in total. The molecule has 1 saturated carbocycles. The van der Waals surface area contributed by atoms with Crippen LogP contribution in [0.3, 0.4) is 0 Å². The van der Waals surface area contributed by atoms with E-state index in [0.717, 1.165) is 22.4 Å². The number of carbonyl (C=O) groups excluding carboxylic acids is 2. The Morgan fingerprint density at radius 3 is 2.32 bits per heavy atom. The van der Waals surface area contributed by atoms with Crippen molar-refractivity contribution in [3.05, 3.63) is 64.2 Å². The molecule has 0 radical (unpaired) electrons. The molecule has 2 N–H and O–H groups in total. The fraction of sp³-hybridized carbons (Fsp3) is 0.300. The van der Waals surface area contributed by atoms with Crippen LogP contribution >= 0.6 is 11.6 Å². The van der Waals surface area contributed by atoms with Gasteiger partial charge >= 0.3 is 0 Å². The smallest absolute Gasteiger partial charge is 0.228 e. The highest BCUT2D eigenvalue weighted by Gasteiger charge is 2.48. The summed E-state index contributed by atoms with van der Waals surface area (Å²) in [5, 5.41) is 6.47. The predicted octanol–water partition coefficient (Wildman–Crippen LogP) is 3.85. The van der Waals surface area contributed by atoms with Crippen LogP contribution in [-0.4, -0.2) is 11.8 Å². The molecule has 0 aromatic heterocycles. The van der Waals surface area contributed by atoms with Gasteiger partial charge in [0.25, 0.3) is 0 Å². The van der Waals surface area contributed by atoms with Gasteiger partial charge < -0.3 is 10.6 Å². The topological polar surface area (TPSA) is 58.2 Å². The number of para-hydroxylation sites is 1. The van der Waals surface area contributed by atoms with E-state index in [1.165, 1.54) is 0 Å². The first-order valence-electron chi connectivity index (χ1n) is 8.35. The number of carbonyl (C=O) groups is 2. The van der Waals surface area contributed by atoms with Gasteiger partial charge in [0, 0.05) is 17.3 Å². The molecular weight excluding hydrogens is 336 g/mol. The Balaban J connectivity index is 1.54. The lowest BCUT2D eigenvalue weighted by molar-refractivity contribution is -0.125. The first-order chi connectivity index (χ1) is 12.0. The van der Waals surface area contributed by atoms with Gasteiger partial charge in [-0.3, -0.25) is 9.59 Å². The summed E-state index contributed by atoms with van der Waals surface area (Å²) in [6.45, 7) is 4.30. The van der Waals surface area contributed by atoms with E-state index in [4.69, 9.17) is 11.6 Å². The number of nitrogens with one attached hydrogen (secondary N) is 2. The second-order valence-corrected chi connectivity index (χ2v) is 6.92. The monoisotopic (exact) mass is 356 g/mol. The highest BCUT2D eigenvalue weighted by molar-refractivity contribution is 6.31. The second-order valence-electron chi connectivity index (χ2n) is 6.51. The number of halogens is 1. The summed E-state index contributed by atoms with van der Waals surface area (Å²) in [4.78, 5) is 24.7. The zero-order chi connectivity index (χ0) is 18.0. The van der Waals surface area contributed by atoms with Gasteiger partial charge in [-0.1, -0.05) is 48.0 Å². The Morgan fingerprint density at radius 1 is 1.00 bits per heavy atom. The van der Waals surface area contributed by atoms with E-state index in [2.05, 4.69) is 10.6 Å². The first-order valence-corrected chi connectivity index (χ1v) is 8.73. The van der Waals surface area contributed by atoms with Crippen LogP contribution < -0.4 is 10.6 Å². The fourth-order valence-corrected chi connectivity index (χ4v) is 3.16. The van der Waals surface area contributed by atoms with Crippen molar-refractivity contribution >= 4 is 29.1 Å². The molecule has 1 aliphatic rings. The molecule has 2 unspecified atom stereocenters. The standard InChI is InChI=1S/C20H21ClN2O2/c1-12-6-5-7-13(2)18(12)23-20(25)16-10-15(16)19(24)22-11-14-8-3-4-9-17(14)21/h3-9,15-16H,10-11H2,1-2H3,(H,22,24)(H,23,25). The highest BCUT2D eigenvalue weighted by Crippen LogP contribution is 2.40. The van der Waals surface area contributed by atoms with Crippen LogP contribution in [-0.2, 0) is 16.1 Å². The van der Waals surface area contributed by atoms with E-state index >= 15 is 0 Å². The number of amides is 2. The molecule has 5 heteroatoms. The van der Waals surface area contributed by atoms with Gasteiger partial charge in [-0.25, -0.2) is 0 Å². The molecule has 0 aliphatic heterocycles. The van der Waals surface area contributed by atoms with Crippen LogP contribution in [0.5, 0.6) is 0 Å². The number of hydrogen-bond donors (Lipinski definition) is 2. The van der Waals surface area contributed by atoms with E-state index in [1.807, 2.05) is 50.2 Å². The minimum atomic E-state index is -0.259. The normalized spacial score (nSPS) is 18.5.